The second-order valence-corrected chi connectivity index (χ2v) is 6.59. The van der Waals surface area contributed by atoms with E-state index in [1.165, 1.54) is 0 Å². The quantitative estimate of drug-likeness (QED) is 0.698. The van der Waals surface area contributed by atoms with Gasteiger partial charge in [-0.3, -0.25) is 14.6 Å². The number of fused-ring (bicyclic) bond motifs is 1. The number of nitrogens with zero attached hydrogens (tertiary/aromatic N) is 4. The molecule has 0 saturated carbocycles. The van der Waals surface area contributed by atoms with Gasteiger partial charge in [-0.25, -0.2) is 4.98 Å². The molecule has 1 saturated heterocycles. The van der Waals surface area contributed by atoms with Crippen LogP contribution in [0.5, 0.6) is 0 Å². The third-order valence-corrected chi connectivity index (χ3v) is 4.74. The summed E-state index contributed by atoms with van der Waals surface area (Å²) < 4.78 is 5.53. The van der Waals surface area contributed by atoms with Gasteiger partial charge in [0.25, 0.3) is 11.8 Å². The molecule has 7 nitrogen and oxygen atoms in total. The van der Waals surface area contributed by atoms with E-state index < -0.39 is 0 Å². The van der Waals surface area contributed by atoms with Crippen LogP contribution in [0, 0.1) is 6.92 Å². The predicted octanol–water partition coefficient (Wildman–Crippen LogP) is 2.52. The van der Waals surface area contributed by atoms with Crippen LogP contribution >= 0.6 is 0 Å². The monoisotopic (exact) mass is 364 g/mol. The number of aromatic nitrogens is 2. The fourth-order valence-corrected chi connectivity index (χ4v) is 3.36. The largest absolute Gasteiger partial charge is 0.441 e. The lowest BCUT2D eigenvalue weighted by molar-refractivity contribution is 0.0718. The molecule has 1 aliphatic heterocycles. The highest BCUT2D eigenvalue weighted by molar-refractivity contribution is 5.97. The van der Waals surface area contributed by atoms with Gasteiger partial charge in [0.05, 0.1) is 0 Å². The normalized spacial score (nSPS) is 15.0. The predicted molar refractivity (Wildman–Crippen MR) is 99.4 cm³/mol. The molecule has 1 aromatic carbocycles. The minimum absolute atomic E-state index is 0.0229. The van der Waals surface area contributed by atoms with Crippen molar-refractivity contribution in [2.45, 2.75) is 13.3 Å². The van der Waals surface area contributed by atoms with Crippen LogP contribution in [0.25, 0.3) is 11.1 Å². The van der Waals surface area contributed by atoms with Crippen molar-refractivity contribution in [3.8, 4) is 0 Å². The minimum atomic E-state index is -0.0517. The zero-order valence-electron chi connectivity index (χ0n) is 15.1. The van der Waals surface area contributed by atoms with Crippen molar-refractivity contribution in [2.75, 3.05) is 26.2 Å². The van der Waals surface area contributed by atoms with Crippen LogP contribution in [0.15, 0.2) is 47.1 Å². The summed E-state index contributed by atoms with van der Waals surface area (Å²) >= 11 is 0. The lowest BCUT2D eigenvalue weighted by Gasteiger charge is -2.22. The third-order valence-electron chi connectivity index (χ3n) is 4.74. The number of hydrogen-bond acceptors (Lipinski definition) is 5. The summed E-state index contributed by atoms with van der Waals surface area (Å²) in [6.45, 7) is 4.04. The van der Waals surface area contributed by atoms with E-state index in [1.54, 1.807) is 59.4 Å². The lowest BCUT2D eigenvalue weighted by Crippen LogP contribution is -2.37. The fourth-order valence-electron chi connectivity index (χ4n) is 3.36. The first-order valence-electron chi connectivity index (χ1n) is 8.97. The van der Waals surface area contributed by atoms with Crippen LogP contribution in [-0.2, 0) is 0 Å². The highest BCUT2D eigenvalue weighted by Gasteiger charge is 2.24. The Morgan fingerprint density at radius 2 is 1.59 bits per heavy atom. The summed E-state index contributed by atoms with van der Waals surface area (Å²) in [5, 5.41) is 0. The third kappa shape index (κ3) is 3.53. The number of amides is 2. The van der Waals surface area contributed by atoms with Crippen LogP contribution in [-0.4, -0.2) is 57.8 Å². The Morgan fingerprint density at radius 1 is 0.926 bits per heavy atom. The highest BCUT2D eigenvalue weighted by atomic mass is 16.3. The van der Waals surface area contributed by atoms with Gasteiger partial charge in [0, 0.05) is 56.6 Å². The van der Waals surface area contributed by atoms with Gasteiger partial charge >= 0.3 is 0 Å². The summed E-state index contributed by atoms with van der Waals surface area (Å²) in [6, 6.07) is 8.74. The summed E-state index contributed by atoms with van der Waals surface area (Å²) in [5.41, 5.74) is 2.56. The van der Waals surface area contributed by atoms with Gasteiger partial charge in [0.2, 0.25) is 0 Å². The zero-order valence-corrected chi connectivity index (χ0v) is 15.1. The summed E-state index contributed by atoms with van der Waals surface area (Å²) in [4.78, 5) is 37.3. The molecule has 0 aliphatic carbocycles. The molecule has 2 amide bonds. The van der Waals surface area contributed by atoms with E-state index in [0.29, 0.717) is 48.8 Å². The number of pyridine rings is 1. The number of aryl methyl sites for hydroxylation is 1. The molecule has 3 aromatic rings. The van der Waals surface area contributed by atoms with Gasteiger partial charge in [-0.1, -0.05) is 0 Å². The SMILES string of the molecule is Cc1nc2ccc(C(=O)N3CCCN(C(=O)c4ccncc4)CC3)cc2o1. The molecular weight excluding hydrogens is 344 g/mol. The van der Waals surface area contributed by atoms with E-state index in [0.717, 1.165) is 11.9 Å². The second-order valence-electron chi connectivity index (χ2n) is 6.59. The summed E-state index contributed by atoms with van der Waals surface area (Å²) in [6.07, 6.45) is 3.97. The first kappa shape index (κ1) is 17.2. The molecule has 0 unspecified atom stereocenters. The Morgan fingerprint density at radius 3 is 2.30 bits per heavy atom. The van der Waals surface area contributed by atoms with Gasteiger partial charge in [-0.15, -0.1) is 0 Å². The molecule has 1 aliphatic rings. The molecular formula is C20H20N4O3. The smallest absolute Gasteiger partial charge is 0.254 e. The van der Waals surface area contributed by atoms with Gasteiger partial charge in [0.15, 0.2) is 11.5 Å². The van der Waals surface area contributed by atoms with Crippen LogP contribution in [0.1, 0.15) is 33.0 Å². The Labute approximate surface area is 156 Å². The van der Waals surface area contributed by atoms with Crippen LogP contribution in [0.4, 0.5) is 0 Å². The van der Waals surface area contributed by atoms with Crippen molar-refractivity contribution in [3.63, 3.8) is 0 Å². The topological polar surface area (TPSA) is 79.5 Å². The minimum Gasteiger partial charge on any atom is -0.441 e. The maximum Gasteiger partial charge on any atom is 0.254 e. The average molecular weight is 364 g/mol. The molecule has 2 aromatic heterocycles. The first-order valence-corrected chi connectivity index (χ1v) is 8.97. The number of rotatable bonds is 2. The number of oxazole rings is 1. The van der Waals surface area contributed by atoms with Crippen molar-refractivity contribution in [2.24, 2.45) is 0 Å². The van der Waals surface area contributed by atoms with Crippen molar-refractivity contribution >= 4 is 22.9 Å². The highest BCUT2D eigenvalue weighted by Crippen LogP contribution is 2.19. The van der Waals surface area contributed by atoms with E-state index in [9.17, 15) is 9.59 Å². The van der Waals surface area contributed by atoms with Crippen molar-refractivity contribution in [3.05, 3.63) is 59.7 Å². The van der Waals surface area contributed by atoms with E-state index in [2.05, 4.69) is 9.97 Å². The van der Waals surface area contributed by atoms with E-state index in [-0.39, 0.29) is 11.8 Å². The van der Waals surface area contributed by atoms with Crippen molar-refractivity contribution in [1.82, 2.24) is 19.8 Å². The van der Waals surface area contributed by atoms with Gasteiger partial charge in [0.1, 0.15) is 5.52 Å². The maximum absolute atomic E-state index is 12.9. The number of carbonyl (C=O) groups is 2. The van der Waals surface area contributed by atoms with Gasteiger partial charge in [-0.2, -0.15) is 0 Å². The molecule has 1 fully saturated rings. The number of hydrogen-bond donors (Lipinski definition) is 0. The van der Waals surface area contributed by atoms with E-state index in [4.69, 9.17) is 4.42 Å². The molecule has 138 valence electrons. The van der Waals surface area contributed by atoms with Crippen LogP contribution < -0.4 is 0 Å². The summed E-state index contributed by atoms with van der Waals surface area (Å²) in [7, 11) is 0. The molecule has 0 spiro atoms. The Balaban J connectivity index is 1.47. The number of carbonyl (C=O) groups excluding carboxylic acids is 2. The molecule has 0 atom stereocenters. The molecule has 4 rings (SSSR count). The molecule has 0 bridgehead atoms. The van der Waals surface area contributed by atoms with Crippen LogP contribution in [0.2, 0.25) is 0 Å². The number of benzene rings is 1. The van der Waals surface area contributed by atoms with Gasteiger partial charge in [-0.05, 0) is 36.8 Å². The second kappa shape index (κ2) is 7.19. The van der Waals surface area contributed by atoms with Crippen molar-refractivity contribution < 1.29 is 14.0 Å². The first-order chi connectivity index (χ1) is 13.1. The molecule has 0 N–H and O–H groups in total. The Bertz CT molecular complexity index is 983. The maximum atomic E-state index is 12.9. The fraction of sp³-hybridized carbons (Fsp3) is 0.300. The van der Waals surface area contributed by atoms with Gasteiger partial charge < -0.3 is 14.2 Å². The zero-order chi connectivity index (χ0) is 18.8. The molecule has 7 heteroatoms. The standard InChI is InChI=1S/C20H20N4O3/c1-14-22-17-4-3-16(13-18(17)27-14)20(26)24-10-2-9-23(11-12-24)19(25)15-5-7-21-8-6-15/h3-8,13H,2,9-12H2,1H3. The lowest BCUT2D eigenvalue weighted by atomic mass is 10.1. The van der Waals surface area contributed by atoms with Crippen LogP contribution in [0.3, 0.4) is 0 Å². The Kier molecular flexibility index (Phi) is 4.58. The summed E-state index contributed by atoms with van der Waals surface area (Å²) in [5.74, 6) is 0.504. The Hall–Kier alpha value is -3.22. The molecule has 27 heavy (non-hydrogen) atoms. The average Bonchev–Trinajstić information content (AvgIpc) is 2.90. The van der Waals surface area contributed by atoms with E-state index in [1.807, 2.05) is 0 Å². The molecule has 3 heterocycles. The van der Waals surface area contributed by atoms with E-state index >= 15 is 0 Å². The van der Waals surface area contributed by atoms with Crippen molar-refractivity contribution in [1.29, 1.82) is 0 Å². The molecule has 0 radical (unpaired) electrons.